The minimum Gasteiger partial charge on any atom is -0.406 e. The number of alkyl halides is 3. The molecular formula is C27H24ClF4N5O2. The zero-order valence-corrected chi connectivity index (χ0v) is 21.5. The molecule has 4 aromatic rings. The van der Waals surface area contributed by atoms with Crippen LogP contribution >= 0.6 is 12.4 Å². The van der Waals surface area contributed by atoms with Crippen LogP contribution < -0.4 is 15.0 Å². The molecule has 0 spiro atoms. The summed E-state index contributed by atoms with van der Waals surface area (Å²) in [5, 5.41) is 13.5. The van der Waals surface area contributed by atoms with Gasteiger partial charge in [0.2, 0.25) is 0 Å². The van der Waals surface area contributed by atoms with Crippen molar-refractivity contribution in [2.45, 2.75) is 19.3 Å². The fourth-order valence-electron chi connectivity index (χ4n) is 4.52. The highest BCUT2D eigenvalue weighted by Crippen LogP contribution is 2.33. The van der Waals surface area contributed by atoms with Crippen LogP contribution in [0.15, 0.2) is 72.8 Å². The Morgan fingerprint density at radius 1 is 0.949 bits per heavy atom. The molecule has 1 aliphatic heterocycles. The number of hydrogen-bond acceptors (Lipinski definition) is 5. The zero-order chi connectivity index (χ0) is 26.9. The highest BCUT2D eigenvalue weighted by Gasteiger charge is 2.31. The molecule has 1 fully saturated rings. The summed E-state index contributed by atoms with van der Waals surface area (Å²) in [6.07, 6.45) is -4.78. The van der Waals surface area contributed by atoms with Crippen LogP contribution in [0.3, 0.4) is 0 Å². The van der Waals surface area contributed by atoms with Crippen molar-refractivity contribution in [3.63, 3.8) is 0 Å². The number of fused-ring (bicyclic) bond motifs is 1. The molecule has 0 saturated carbocycles. The maximum absolute atomic E-state index is 13.4. The van der Waals surface area contributed by atoms with Gasteiger partial charge >= 0.3 is 12.4 Å². The van der Waals surface area contributed by atoms with E-state index in [1.807, 2.05) is 31.2 Å². The van der Waals surface area contributed by atoms with Gasteiger partial charge < -0.3 is 19.9 Å². The van der Waals surface area contributed by atoms with Gasteiger partial charge in [0, 0.05) is 47.7 Å². The Hall–Kier alpha value is -4.12. The summed E-state index contributed by atoms with van der Waals surface area (Å²) in [7, 11) is 0. The SMILES string of the molecule is CC1CN(C(=O)Nc2ccc(OC(F)(F)F)cc2)CCN1c1nnc(-c2ccc(F)cc2)c2ccccc12.Cl. The number of carbonyl (C=O) groups excluding carboxylic acids is 1. The van der Waals surface area contributed by atoms with E-state index in [-0.39, 0.29) is 36.0 Å². The fraction of sp³-hybridized carbons (Fsp3) is 0.222. The zero-order valence-electron chi connectivity index (χ0n) is 20.7. The lowest BCUT2D eigenvalue weighted by atomic mass is 10.0. The Morgan fingerprint density at radius 3 is 2.26 bits per heavy atom. The van der Waals surface area contributed by atoms with Crippen molar-refractivity contribution < 1.29 is 27.1 Å². The Labute approximate surface area is 227 Å². The fourth-order valence-corrected chi connectivity index (χ4v) is 4.52. The molecule has 2 heterocycles. The summed E-state index contributed by atoms with van der Waals surface area (Å²) in [6.45, 7) is 3.28. The lowest BCUT2D eigenvalue weighted by molar-refractivity contribution is -0.274. The molecule has 1 atom stereocenters. The summed E-state index contributed by atoms with van der Waals surface area (Å²) in [5.74, 6) is 0.00152. The van der Waals surface area contributed by atoms with Crippen molar-refractivity contribution in [2.75, 3.05) is 29.9 Å². The first kappa shape index (κ1) is 27.9. The molecule has 2 amide bonds. The third-order valence-electron chi connectivity index (χ3n) is 6.31. The van der Waals surface area contributed by atoms with E-state index in [9.17, 15) is 22.4 Å². The molecule has 204 valence electrons. The molecule has 1 unspecified atom stereocenters. The van der Waals surface area contributed by atoms with Gasteiger partial charge in [0.1, 0.15) is 17.3 Å². The average molecular weight is 562 g/mol. The normalized spacial score (nSPS) is 15.6. The quantitative estimate of drug-likeness (QED) is 0.288. The summed E-state index contributed by atoms with van der Waals surface area (Å²) >= 11 is 0. The Balaban J connectivity index is 0.00000353. The maximum atomic E-state index is 13.4. The monoisotopic (exact) mass is 561 g/mol. The van der Waals surface area contributed by atoms with E-state index in [0.29, 0.717) is 36.8 Å². The molecular weight excluding hydrogens is 538 g/mol. The number of nitrogens with one attached hydrogen (secondary N) is 1. The molecule has 1 saturated heterocycles. The van der Waals surface area contributed by atoms with Crippen LogP contribution in [0.5, 0.6) is 5.75 Å². The molecule has 0 aliphatic carbocycles. The van der Waals surface area contributed by atoms with Gasteiger partial charge in [0.25, 0.3) is 0 Å². The first-order chi connectivity index (χ1) is 18.2. The molecule has 12 heteroatoms. The van der Waals surface area contributed by atoms with E-state index < -0.39 is 6.36 Å². The predicted molar refractivity (Wildman–Crippen MR) is 143 cm³/mol. The second kappa shape index (κ2) is 11.3. The number of ether oxygens (including phenoxy) is 1. The van der Waals surface area contributed by atoms with Crippen molar-refractivity contribution >= 4 is 40.7 Å². The third-order valence-corrected chi connectivity index (χ3v) is 6.31. The second-order valence-corrected chi connectivity index (χ2v) is 8.92. The molecule has 1 N–H and O–H groups in total. The molecule has 1 aliphatic rings. The number of nitrogens with zero attached hydrogens (tertiary/aromatic N) is 4. The van der Waals surface area contributed by atoms with E-state index in [2.05, 4.69) is 25.2 Å². The van der Waals surface area contributed by atoms with Crippen molar-refractivity contribution in [1.82, 2.24) is 15.1 Å². The maximum Gasteiger partial charge on any atom is 0.573 e. The van der Waals surface area contributed by atoms with E-state index in [1.165, 1.54) is 24.3 Å². The van der Waals surface area contributed by atoms with Crippen LogP contribution in [-0.4, -0.2) is 53.2 Å². The summed E-state index contributed by atoms with van der Waals surface area (Å²) < 4.78 is 54.4. The number of rotatable bonds is 4. The van der Waals surface area contributed by atoms with Gasteiger partial charge in [-0.05, 0) is 55.5 Å². The van der Waals surface area contributed by atoms with E-state index >= 15 is 0 Å². The van der Waals surface area contributed by atoms with Crippen LogP contribution in [0.2, 0.25) is 0 Å². The first-order valence-corrected chi connectivity index (χ1v) is 11.9. The predicted octanol–water partition coefficient (Wildman–Crippen LogP) is 6.50. The van der Waals surface area contributed by atoms with Crippen molar-refractivity contribution in [3.8, 4) is 17.0 Å². The van der Waals surface area contributed by atoms with Crippen LogP contribution in [-0.2, 0) is 0 Å². The number of anilines is 2. The summed E-state index contributed by atoms with van der Waals surface area (Å²) in [6, 6.07) is 18.4. The largest absolute Gasteiger partial charge is 0.573 e. The lowest BCUT2D eigenvalue weighted by Crippen LogP contribution is -2.55. The molecule has 3 aromatic carbocycles. The summed E-state index contributed by atoms with van der Waals surface area (Å²) in [5.41, 5.74) is 1.77. The summed E-state index contributed by atoms with van der Waals surface area (Å²) in [4.78, 5) is 16.6. The van der Waals surface area contributed by atoms with Crippen LogP contribution in [0.25, 0.3) is 22.0 Å². The number of carbonyl (C=O) groups is 1. The Bertz CT molecular complexity index is 1450. The standard InChI is InChI=1S/C27H23F4N5O2.ClH/c1-17-16-35(26(37)32-20-10-12-21(13-11-20)38-27(29,30)31)14-15-36(17)25-23-5-3-2-4-22(23)24(33-34-25)18-6-8-19(28)9-7-18;/h2-13,17H,14-16H2,1H3,(H,32,37);1H. The molecule has 39 heavy (non-hydrogen) atoms. The van der Waals surface area contributed by atoms with Crippen molar-refractivity contribution in [1.29, 1.82) is 0 Å². The molecule has 0 bridgehead atoms. The van der Waals surface area contributed by atoms with Crippen molar-refractivity contribution in [2.24, 2.45) is 0 Å². The number of halogens is 5. The van der Waals surface area contributed by atoms with Gasteiger partial charge in [-0.25, -0.2) is 9.18 Å². The average Bonchev–Trinajstić information content (AvgIpc) is 2.89. The molecule has 7 nitrogen and oxygen atoms in total. The van der Waals surface area contributed by atoms with Gasteiger partial charge in [-0.1, -0.05) is 24.3 Å². The van der Waals surface area contributed by atoms with Crippen molar-refractivity contribution in [3.05, 3.63) is 78.6 Å². The Kier molecular flexibility index (Phi) is 8.10. The number of urea groups is 1. The minimum absolute atomic E-state index is 0. The third kappa shape index (κ3) is 6.31. The second-order valence-electron chi connectivity index (χ2n) is 8.92. The van der Waals surface area contributed by atoms with Gasteiger partial charge in [-0.2, -0.15) is 0 Å². The molecule has 0 radical (unpaired) electrons. The number of amides is 2. The van der Waals surface area contributed by atoms with E-state index in [0.717, 1.165) is 28.5 Å². The highest BCUT2D eigenvalue weighted by atomic mass is 35.5. The highest BCUT2D eigenvalue weighted by molar-refractivity contribution is 6.00. The smallest absolute Gasteiger partial charge is 0.406 e. The number of benzene rings is 3. The van der Waals surface area contributed by atoms with Crippen LogP contribution in [0, 0.1) is 5.82 Å². The van der Waals surface area contributed by atoms with E-state index in [4.69, 9.17) is 0 Å². The van der Waals surface area contributed by atoms with Crippen LogP contribution in [0.1, 0.15) is 6.92 Å². The van der Waals surface area contributed by atoms with Gasteiger partial charge in [0.15, 0.2) is 5.82 Å². The number of piperazine rings is 1. The molecule has 5 rings (SSSR count). The topological polar surface area (TPSA) is 70.6 Å². The number of aromatic nitrogens is 2. The Morgan fingerprint density at radius 2 is 1.62 bits per heavy atom. The lowest BCUT2D eigenvalue weighted by Gasteiger charge is -2.40. The minimum atomic E-state index is -4.78. The first-order valence-electron chi connectivity index (χ1n) is 11.9. The van der Waals surface area contributed by atoms with Gasteiger partial charge in [-0.3, -0.25) is 0 Å². The van der Waals surface area contributed by atoms with E-state index in [1.54, 1.807) is 17.0 Å². The van der Waals surface area contributed by atoms with Crippen LogP contribution in [0.4, 0.5) is 33.9 Å². The van der Waals surface area contributed by atoms with Gasteiger partial charge in [-0.15, -0.1) is 35.8 Å². The number of hydrogen-bond donors (Lipinski definition) is 1. The van der Waals surface area contributed by atoms with Gasteiger partial charge in [0.05, 0.1) is 0 Å². The molecule has 1 aromatic heterocycles.